The van der Waals surface area contributed by atoms with Crippen LogP contribution in [-0.2, 0) is 9.53 Å². The molecular formula is C12H22O2. The van der Waals surface area contributed by atoms with Crippen LogP contribution in [0.4, 0.5) is 0 Å². The molecule has 2 nitrogen and oxygen atoms in total. The third-order valence-corrected chi connectivity index (χ3v) is 2.63. The summed E-state index contributed by atoms with van der Waals surface area (Å²) in [6.07, 6.45) is 8.82. The maximum atomic E-state index is 10.1. The highest BCUT2D eigenvalue weighted by molar-refractivity contribution is 5.64. The van der Waals surface area contributed by atoms with E-state index in [-0.39, 0.29) is 6.10 Å². The molecule has 82 valence electrons. The molecular weight excluding hydrogens is 176 g/mol. The van der Waals surface area contributed by atoms with Crippen LogP contribution < -0.4 is 0 Å². The minimum Gasteiger partial charge on any atom is -0.381 e. The van der Waals surface area contributed by atoms with E-state index in [1.54, 1.807) is 7.11 Å². The van der Waals surface area contributed by atoms with Gasteiger partial charge >= 0.3 is 0 Å². The van der Waals surface area contributed by atoms with Crippen molar-refractivity contribution in [2.75, 3.05) is 7.11 Å². The molecule has 0 bridgehead atoms. The van der Waals surface area contributed by atoms with Gasteiger partial charge in [-0.2, -0.15) is 0 Å². The van der Waals surface area contributed by atoms with Crippen molar-refractivity contribution in [1.82, 2.24) is 0 Å². The number of hydrogen-bond acceptors (Lipinski definition) is 2. The summed E-state index contributed by atoms with van der Waals surface area (Å²) in [5, 5.41) is 0. The maximum absolute atomic E-state index is 10.1. The van der Waals surface area contributed by atoms with Gasteiger partial charge in [0.15, 0.2) is 0 Å². The van der Waals surface area contributed by atoms with Crippen LogP contribution in [0.5, 0.6) is 0 Å². The molecule has 2 atom stereocenters. The predicted octanol–water partition coefficient (Wildman–Crippen LogP) is 2.97. The van der Waals surface area contributed by atoms with Gasteiger partial charge in [0.1, 0.15) is 6.29 Å². The number of rotatable bonds is 8. The molecule has 0 heterocycles. The number of methoxy groups -OCH3 is 1. The number of hydrogen-bond donors (Lipinski definition) is 0. The number of aldehydes is 1. The Bertz CT molecular complexity index is 164. The summed E-state index contributed by atoms with van der Waals surface area (Å²) < 4.78 is 5.32. The topological polar surface area (TPSA) is 26.3 Å². The Morgan fingerprint density at radius 1 is 1.36 bits per heavy atom. The second kappa shape index (κ2) is 8.95. The van der Waals surface area contributed by atoms with E-state index in [0.29, 0.717) is 0 Å². The Labute approximate surface area is 87.3 Å². The molecule has 0 aliphatic carbocycles. The summed E-state index contributed by atoms with van der Waals surface area (Å²) in [7, 11) is 1.73. The van der Waals surface area contributed by atoms with Gasteiger partial charge in [0.05, 0.1) is 6.10 Å². The van der Waals surface area contributed by atoms with Gasteiger partial charge in [0.2, 0.25) is 0 Å². The zero-order chi connectivity index (χ0) is 10.8. The summed E-state index contributed by atoms with van der Waals surface area (Å²) in [6, 6.07) is 0. The van der Waals surface area contributed by atoms with Gasteiger partial charge in [-0.1, -0.05) is 26.3 Å². The van der Waals surface area contributed by atoms with Crippen molar-refractivity contribution in [1.29, 1.82) is 0 Å². The molecule has 2 unspecified atom stereocenters. The van der Waals surface area contributed by atoms with Crippen molar-refractivity contribution in [2.45, 2.75) is 45.6 Å². The predicted molar refractivity (Wildman–Crippen MR) is 59.3 cm³/mol. The van der Waals surface area contributed by atoms with E-state index in [9.17, 15) is 4.79 Å². The fourth-order valence-corrected chi connectivity index (χ4v) is 1.29. The molecule has 0 amide bonds. The van der Waals surface area contributed by atoms with Gasteiger partial charge in [-0.05, 0) is 31.3 Å². The molecule has 0 aromatic rings. The Balaban J connectivity index is 3.67. The first-order valence-electron chi connectivity index (χ1n) is 5.37. The van der Waals surface area contributed by atoms with Gasteiger partial charge < -0.3 is 4.74 Å². The number of carbonyl (C=O) groups excluding carboxylic acids is 1. The van der Waals surface area contributed by atoms with Crippen molar-refractivity contribution >= 4 is 6.29 Å². The molecule has 0 saturated carbocycles. The fourth-order valence-electron chi connectivity index (χ4n) is 1.29. The van der Waals surface area contributed by atoms with Crippen molar-refractivity contribution in [2.24, 2.45) is 5.92 Å². The lowest BCUT2D eigenvalue weighted by molar-refractivity contribution is -0.104. The summed E-state index contributed by atoms with van der Waals surface area (Å²) in [6.45, 7) is 4.47. The van der Waals surface area contributed by atoms with E-state index in [2.05, 4.69) is 13.8 Å². The minimum absolute atomic E-state index is 0.264. The molecule has 0 aliphatic heterocycles. The summed E-state index contributed by atoms with van der Waals surface area (Å²) >= 11 is 0. The average molecular weight is 198 g/mol. The van der Waals surface area contributed by atoms with Crippen LogP contribution in [0, 0.1) is 5.92 Å². The Morgan fingerprint density at radius 3 is 2.57 bits per heavy atom. The third kappa shape index (κ3) is 6.84. The van der Waals surface area contributed by atoms with Crippen molar-refractivity contribution < 1.29 is 9.53 Å². The molecule has 0 fully saturated rings. The van der Waals surface area contributed by atoms with Crippen LogP contribution in [0.2, 0.25) is 0 Å². The van der Waals surface area contributed by atoms with Crippen LogP contribution in [0.1, 0.15) is 39.5 Å². The highest BCUT2D eigenvalue weighted by Crippen LogP contribution is 2.14. The van der Waals surface area contributed by atoms with Gasteiger partial charge in [-0.15, -0.1) is 0 Å². The highest BCUT2D eigenvalue weighted by Gasteiger charge is 2.07. The van der Waals surface area contributed by atoms with Crippen LogP contribution in [0.15, 0.2) is 12.2 Å². The number of carbonyl (C=O) groups is 1. The maximum Gasteiger partial charge on any atom is 0.142 e. The SMILES string of the molecule is CCC(C)CCC(CC=CC=O)OC. The van der Waals surface area contributed by atoms with Crippen molar-refractivity contribution in [3.05, 3.63) is 12.2 Å². The zero-order valence-corrected chi connectivity index (χ0v) is 9.53. The monoisotopic (exact) mass is 198 g/mol. The Hall–Kier alpha value is -0.630. The zero-order valence-electron chi connectivity index (χ0n) is 9.53. The quantitative estimate of drug-likeness (QED) is 0.443. The molecule has 0 spiro atoms. The standard InChI is InChI=1S/C12H22O2/c1-4-11(2)8-9-12(14-3)7-5-6-10-13/h5-6,10-12H,4,7-9H2,1-3H3. The lowest BCUT2D eigenvalue weighted by Gasteiger charge is -2.15. The van der Waals surface area contributed by atoms with E-state index in [4.69, 9.17) is 4.74 Å². The second-order valence-electron chi connectivity index (χ2n) is 3.75. The van der Waals surface area contributed by atoms with E-state index >= 15 is 0 Å². The summed E-state index contributed by atoms with van der Waals surface area (Å²) in [5.74, 6) is 0.766. The van der Waals surface area contributed by atoms with E-state index in [0.717, 1.165) is 25.0 Å². The summed E-state index contributed by atoms with van der Waals surface area (Å²) in [4.78, 5) is 10.1. The lowest BCUT2D eigenvalue weighted by Crippen LogP contribution is -2.10. The molecule has 14 heavy (non-hydrogen) atoms. The number of ether oxygens (including phenoxy) is 1. The first-order chi connectivity index (χ1) is 6.74. The third-order valence-electron chi connectivity index (χ3n) is 2.63. The van der Waals surface area contributed by atoms with Crippen LogP contribution in [0.3, 0.4) is 0 Å². The lowest BCUT2D eigenvalue weighted by atomic mass is 9.99. The normalized spacial score (nSPS) is 15.6. The average Bonchev–Trinajstić information content (AvgIpc) is 2.22. The van der Waals surface area contributed by atoms with Crippen LogP contribution >= 0.6 is 0 Å². The van der Waals surface area contributed by atoms with Crippen molar-refractivity contribution in [3.63, 3.8) is 0 Å². The Morgan fingerprint density at radius 2 is 2.07 bits per heavy atom. The second-order valence-corrected chi connectivity index (χ2v) is 3.75. The molecule has 0 aromatic heterocycles. The fraction of sp³-hybridized carbons (Fsp3) is 0.750. The van der Waals surface area contributed by atoms with E-state index in [1.807, 2.05) is 6.08 Å². The van der Waals surface area contributed by atoms with E-state index < -0.39 is 0 Å². The molecule has 0 N–H and O–H groups in total. The van der Waals surface area contributed by atoms with Crippen LogP contribution in [0.25, 0.3) is 0 Å². The van der Waals surface area contributed by atoms with Gasteiger partial charge in [0.25, 0.3) is 0 Å². The Kier molecular flexibility index (Phi) is 8.54. The van der Waals surface area contributed by atoms with Crippen molar-refractivity contribution in [3.8, 4) is 0 Å². The molecule has 0 aromatic carbocycles. The van der Waals surface area contributed by atoms with E-state index in [1.165, 1.54) is 18.9 Å². The minimum atomic E-state index is 0.264. The van der Waals surface area contributed by atoms with Gasteiger partial charge in [-0.3, -0.25) is 4.79 Å². The van der Waals surface area contributed by atoms with Gasteiger partial charge in [-0.25, -0.2) is 0 Å². The highest BCUT2D eigenvalue weighted by atomic mass is 16.5. The largest absolute Gasteiger partial charge is 0.381 e. The molecule has 0 rings (SSSR count). The smallest absolute Gasteiger partial charge is 0.142 e. The molecule has 0 aliphatic rings. The van der Waals surface area contributed by atoms with Crippen LogP contribution in [-0.4, -0.2) is 19.5 Å². The first kappa shape index (κ1) is 13.4. The molecule has 2 heteroatoms. The number of allylic oxidation sites excluding steroid dienone is 1. The van der Waals surface area contributed by atoms with Gasteiger partial charge in [0, 0.05) is 7.11 Å². The first-order valence-corrected chi connectivity index (χ1v) is 5.37. The summed E-state index contributed by atoms with van der Waals surface area (Å²) in [5.41, 5.74) is 0. The molecule has 0 saturated heterocycles. The molecule has 0 radical (unpaired) electrons.